The van der Waals surface area contributed by atoms with E-state index >= 15 is 0 Å². The molecule has 0 unspecified atom stereocenters. The molecule has 0 heterocycles. The van der Waals surface area contributed by atoms with Gasteiger partial charge in [-0.1, -0.05) is 53.0 Å². The minimum Gasteiger partial charge on any atom is -0.319 e. The number of nitriles is 1. The molecule has 126 valence electrons. The summed E-state index contributed by atoms with van der Waals surface area (Å²) in [6, 6.07) is 10.5. The van der Waals surface area contributed by atoms with Crippen molar-refractivity contribution in [2.45, 2.75) is 0 Å². The molecule has 0 saturated heterocycles. The second kappa shape index (κ2) is 7.99. The Labute approximate surface area is 157 Å². The van der Waals surface area contributed by atoms with Crippen LogP contribution in [-0.4, -0.2) is 10.8 Å². The maximum Gasteiger partial charge on any atom is 0.272 e. The Morgan fingerprint density at radius 1 is 1.16 bits per heavy atom. The molecule has 9 heteroatoms. The monoisotopic (exact) mass is 395 g/mol. The van der Waals surface area contributed by atoms with Crippen LogP contribution in [0, 0.1) is 21.4 Å². The van der Waals surface area contributed by atoms with Crippen molar-refractivity contribution in [1.82, 2.24) is 0 Å². The van der Waals surface area contributed by atoms with Crippen LogP contribution in [0.1, 0.15) is 5.56 Å². The van der Waals surface area contributed by atoms with Crippen LogP contribution in [0.5, 0.6) is 0 Å². The zero-order valence-corrected chi connectivity index (χ0v) is 14.6. The molecule has 0 aliphatic carbocycles. The van der Waals surface area contributed by atoms with Gasteiger partial charge in [0.1, 0.15) is 11.6 Å². The second-order valence-corrected chi connectivity index (χ2v) is 5.91. The SMILES string of the molecule is N#C/C(=C\c1ccccc1Cl)C(=O)Nc1c(Cl)cc([N+](=O)[O-])cc1Cl. The van der Waals surface area contributed by atoms with Gasteiger partial charge in [-0.25, -0.2) is 0 Å². The summed E-state index contributed by atoms with van der Waals surface area (Å²) in [4.78, 5) is 22.4. The number of carbonyl (C=O) groups is 1. The van der Waals surface area contributed by atoms with E-state index in [0.29, 0.717) is 10.6 Å². The number of hydrogen-bond acceptors (Lipinski definition) is 4. The van der Waals surface area contributed by atoms with Crippen molar-refractivity contribution in [1.29, 1.82) is 5.26 Å². The molecule has 6 nitrogen and oxygen atoms in total. The average Bonchev–Trinajstić information content (AvgIpc) is 2.56. The molecular formula is C16H8Cl3N3O3. The van der Waals surface area contributed by atoms with E-state index < -0.39 is 10.8 Å². The molecule has 0 bridgehead atoms. The van der Waals surface area contributed by atoms with Gasteiger partial charge in [0.2, 0.25) is 0 Å². The standard InChI is InChI=1S/C16H8Cl3N3O3/c17-12-4-2-1-3-9(12)5-10(8-20)16(23)21-15-13(18)6-11(22(24)25)7-14(15)19/h1-7H,(H,21,23)/b10-5+. The van der Waals surface area contributed by atoms with Gasteiger partial charge in [0.15, 0.2) is 0 Å². The Balaban J connectivity index is 2.34. The topological polar surface area (TPSA) is 96.0 Å². The van der Waals surface area contributed by atoms with E-state index in [9.17, 15) is 20.2 Å². The van der Waals surface area contributed by atoms with Gasteiger partial charge in [0, 0.05) is 17.2 Å². The molecule has 0 fully saturated rings. The second-order valence-electron chi connectivity index (χ2n) is 4.69. The number of carbonyl (C=O) groups excluding carboxylic acids is 1. The molecule has 2 aromatic rings. The van der Waals surface area contributed by atoms with Crippen LogP contribution in [-0.2, 0) is 4.79 Å². The number of anilines is 1. The predicted octanol–water partition coefficient (Wildman–Crippen LogP) is 5.10. The van der Waals surface area contributed by atoms with E-state index in [1.165, 1.54) is 6.08 Å². The first-order chi connectivity index (χ1) is 11.8. The minimum absolute atomic E-state index is 0.0285. The first-order valence-corrected chi connectivity index (χ1v) is 7.78. The van der Waals surface area contributed by atoms with E-state index in [1.54, 1.807) is 30.3 Å². The highest BCUT2D eigenvalue weighted by Crippen LogP contribution is 2.35. The van der Waals surface area contributed by atoms with Crippen LogP contribution in [0.25, 0.3) is 6.08 Å². The fourth-order valence-electron chi connectivity index (χ4n) is 1.86. The molecule has 0 saturated carbocycles. The third kappa shape index (κ3) is 4.48. The Bertz CT molecular complexity index is 913. The van der Waals surface area contributed by atoms with E-state index in [0.717, 1.165) is 12.1 Å². The summed E-state index contributed by atoms with van der Waals surface area (Å²) in [7, 11) is 0. The zero-order valence-electron chi connectivity index (χ0n) is 12.3. The smallest absolute Gasteiger partial charge is 0.272 e. The van der Waals surface area contributed by atoms with E-state index in [1.807, 2.05) is 0 Å². The number of hydrogen-bond donors (Lipinski definition) is 1. The lowest BCUT2D eigenvalue weighted by Crippen LogP contribution is -2.14. The normalized spacial score (nSPS) is 10.9. The van der Waals surface area contributed by atoms with Crippen LogP contribution in [0.15, 0.2) is 42.0 Å². The molecule has 0 aliphatic heterocycles. The van der Waals surface area contributed by atoms with Crippen molar-refractivity contribution in [2.24, 2.45) is 0 Å². The largest absolute Gasteiger partial charge is 0.319 e. The van der Waals surface area contributed by atoms with Crippen LogP contribution in [0.2, 0.25) is 15.1 Å². The highest BCUT2D eigenvalue weighted by atomic mass is 35.5. The van der Waals surface area contributed by atoms with E-state index in [2.05, 4.69) is 5.32 Å². The number of nitro benzene ring substituents is 1. The molecular weight excluding hydrogens is 389 g/mol. The molecule has 0 aromatic heterocycles. The number of benzene rings is 2. The summed E-state index contributed by atoms with van der Waals surface area (Å²) in [6.45, 7) is 0. The summed E-state index contributed by atoms with van der Waals surface area (Å²) in [6.07, 6.45) is 1.31. The van der Waals surface area contributed by atoms with Crippen LogP contribution in [0.3, 0.4) is 0 Å². The molecule has 2 aromatic carbocycles. The third-order valence-electron chi connectivity index (χ3n) is 3.05. The summed E-state index contributed by atoms with van der Waals surface area (Å²) >= 11 is 17.9. The van der Waals surface area contributed by atoms with Crippen LogP contribution in [0.4, 0.5) is 11.4 Å². The van der Waals surface area contributed by atoms with E-state index in [-0.39, 0.29) is 27.0 Å². The van der Waals surface area contributed by atoms with Crippen molar-refractivity contribution in [3.8, 4) is 6.07 Å². The molecule has 25 heavy (non-hydrogen) atoms. The fraction of sp³-hybridized carbons (Fsp3) is 0. The highest BCUT2D eigenvalue weighted by Gasteiger charge is 2.18. The number of halogens is 3. The van der Waals surface area contributed by atoms with Crippen LogP contribution < -0.4 is 5.32 Å². The zero-order chi connectivity index (χ0) is 18.6. The van der Waals surface area contributed by atoms with Crippen molar-refractivity contribution >= 4 is 58.2 Å². The molecule has 0 aliphatic rings. The molecule has 0 spiro atoms. The minimum atomic E-state index is -0.778. The van der Waals surface area contributed by atoms with Crippen LogP contribution >= 0.6 is 34.8 Å². The maximum atomic E-state index is 12.3. The van der Waals surface area contributed by atoms with Gasteiger partial charge in [0.25, 0.3) is 11.6 Å². The van der Waals surface area contributed by atoms with Crippen molar-refractivity contribution in [2.75, 3.05) is 5.32 Å². The highest BCUT2D eigenvalue weighted by molar-refractivity contribution is 6.40. The van der Waals surface area contributed by atoms with Gasteiger partial charge in [-0.3, -0.25) is 14.9 Å². The summed E-state index contributed by atoms with van der Waals surface area (Å²) in [5, 5.41) is 22.5. The predicted molar refractivity (Wildman–Crippen MR) is 96.8 cm³/mol. The molecule has 2 rings (SSSR count). The lowest BCUT2D eigenvalue weighted by atomic mass is 10.1. The molecule has 0 radical (unpaired) electrons. The molecule has 1 N–H and O–H groups in total. The number of nitro groups is 1. The van der Waals surface area contributed by atoms with Gasteiger partial charge >= 0.3 is 0 Å². The molecule has 0 atom stereocenters. The van der Waals surface area contributed by atoms with Gasteiger partial charge < -0.3 is 5.32 Å². The van der Waals surface area contributed by atoms with Gasteiger partial charge in [-0.05, 0) is 17.7 Å². The number of non-ortho nitro benzene ring substituents is 1. The molecule has 1 amide bonds. The van der Waals surface area contributed by atoms with Crippen molar-refractivity contribution in [3.63, 3.8) is 0 Å². The number of rotatable bonds is 4. The number of nitrogens with zero attached hydrogens (tertiary/aromatic N) is 2. The third-order valence-corrected chi connectivity index (χ3v) is 3.99. The van der Waals surface area contributed by atoms with Crippen molar-refractivity contribution in [3.05, 3.63) is 72.7 Å². The van der Waals surface area contributed by atoms with Crippen molar-refractivity contribution < 1.29 is 9.72 Å². The Kier molecular flexibility index (Phi) is 5.99. The lowest BCUT2D eigenvalue weighted by molar-refractivity contribution is -0.384. The van der Waals surface area contributed by atoms with Gasteiger partial charge in [0.05, 0.1) is 20.7 Å². The van der Waals surface area contributed by atoms with Gasteiger partial charge in [-0.2, -0.15) is 5.26 Å². The summed E-state index contributed by atoms with van der Waals surface area (Å²) < 4.78 is 0. The first kappa shape index (κ1) is 18.7. The summed E-state index contributed by atoms with van der Waals surface area (Å²) in [5.41, 5.74) is -0.102. The Morgan fingerprint density at radius 3 is 2.28 bits per heavy atom. The number of nitrogens with one attached hydrogen (secondary N) is 1. The maximum absolute atomic E-state index is 12.3. The number of amides is 1. The van der Waals surface area contributed by atoms with Gasteiger partial charge in [-0.15, -0.1) is 0 Å². The first-order valence-electron chi connectivity index (χ1n) is 6.64. The summed E-state index contributed by atoms with van der Waals surface area (Å²) in [5.74, 6) is -0.778. The lowest BCUT2D eigenvalue weighted by Gasteiger charge is -2.09. The Morgan fingerprint density at radius 2 is 1.76 bits per heavy atom. The Hall–Kier alpha value is -2.59. The quantitative estimate of drug-likeness (QED) is 0.336. The van der Waals surface area contributed by atoms with E-state index in [4.69, 9.17) is 34.8 Å². The fourth-order valence-corrected chi connectivity index (χ4v) is 2.62. The average molecular weight is 397 g/mol.